The van der Waals surface area contributed by atoms with Gasteiger partial charge in [-0.2, -0.15) is 13.2 Å². The fourth-order valence-electron chi connectivity index (χ4n) is 7.87. The normalized spacial score (nSPS) is 15.2. The van der Waals surface area contributed by atoms with Crippen LogP contribution in [0.25, 0.3) is 11.1 Å². The molecule has 11 nitrogen and oxygen atoms in total. The number of amides is 1. The molecule has 1 fully saturated rings. The van der Waals surface area contributed by atoms with Crippen molar-refractivity contribution < 1.29 is 44.3 Å². The highest BCUT2D eigenvalue weighted by Gasteiger charge is 2.48. The van der Waals surface area contributed by atoms with Crippen molar-refractivity contribution in [2.24, 2.45) is 5.92 Å². The molecule has 2 atom stereocenters. The van der Waals surface area contributed by atoms with Gasteiger partial charge in [-0.05, 0) is 140 Å². The van der Waals surface area contributed by atoms with Gasteiger partial charge >= 0.3 is 5.51 Å². The number of aliphatic hydroxyl groups excluding tert-OH is 1. The molecule has 0 spiro atoms. The lowest BCUT2D eigenvalue weighted by molar-refractivity contribution is -0.0435. The molecule has 1 heterocycles. The van der Waals surface area contributed by atoms with Gasteiger partial charge in [0, 0.05) is 59.2 Å². The number of sulfone groups is 1. The molecule has 1 aliphatic rings. The summed E-state index contributed by atoms with van der Waals surface area (Å²) in [5.41, 5.74) is -2.77. The Bertz CT molecular complexity index is 2780. The number of benzene rings is 5. The van der Waals surface area contributed by atoms with Crippen molar-refractivity contribution in [1.29, 1.82) is 0 Å². The molecule has 1 saturated heterocycles. The number of thioether (sulfide) groups is 1. The molecule has 3 N–H and O–H groups in total. The summed E-state index contributed by atoms with van der Waals surface area (Å²) in [6.45, 7) is 13.6. The maximum Gasteiger partial charge on any atom is 0.501 e. The van der Waals surface area contributed by atoms with E-state index < -0.39 is 67.2 Å². The Hall–Kier alpha value is -4.40. The molecule has 0 aliphatic carbocycles. The average molecular weight is 1060 g/mol. The number of anilines is 2. The molecule has 5 aromatic rings. The number of carbonyl (C=O) groups is 1. The number of hydrogen-bond donors (Lipinski definition) is 3. The molecule has 70 heavy (non-hydrogen) atoms. The Labute approximate surface area is 421 Å². The van der Waals surface area contributed by atoms with Crippen molar-refractivity contribution in [3.8, 4) is 11.1 Å². The van der Waals surface area contributed by atoms with E-state index in [0.29, 0.717) is 68.9 Å². The smallest absolute Gasteiger partial charge is 0.416 e. The summed E-state index contributed by atoms with van der Waals surface area (Å²) in [6, 6.07) is 32.6. The Morgan fingerprint density at radius 2 is 1.51 bits per heavy atom. The molecule has 19 heteroatoms. The summed E-state index contributed by atoms with van der Waals surface area (Å²) in [6.07, 6.45) is 1.03. The molecule has 1 amide bonds. The molecule has 0 aromatic heterocycles. The zero-order valence-electron chi connectivity index (χ0n) is 40.2. The number of halogens is 4. The Morgan fingerprint density at radius 3 is 2.14 bits per heavy atom. The van der Waals surface area contributed by atoms with Crippen LogP contribution < -0.4 is 14.9 Å². The second kappa shape index (κ2) is 23.0. The van der Waals surface area contributed by atoms with Crippen LogP contribution in [0.15, 0.2) is 136 Å². The standard InChI is InChI=1S/C51H62ClF3N4O7S3Si/c1-50(2,3)70(5,6)66-33-32-58(4)29-28-40(35-67-42-12-8-7-9-13-42)56-46-25-24-43(34-47(46)68(62,63)51(53,54)55)69(64,65)57-49(61)38-18-22-41(23-19-38)59-30-26-37(27-31-59)48(60)45-15-11-10-14-44(45)36-16-20-39(52)21-17-36/h7-25,34,37,40,48,56,60H,26-33,35H2,1-6H3,(H,57,61). The first-order valence-corrected chi connectivity index (χ1v) is 30.3. The van der Waals surface area contributed by atoms with Crippen molar-refractivity contribution >= 4 is 68.8 Å². The van der Waals surface area contributed by atoms with Crippen molar-refractivity contribution in [3.05, 3.63) is 137 Å². The third-order valence-corrected chi connectivity index (χ3v) is 22.0. The molecule has 2 unspecified atom stereocenters. The molecule has 0 bridgehead atoms. The van der Waals surface area contributed by atoms with Crippen LogP contribution in [-0.4, -0.2) is 98.2 Å². The van der Waals surface area contributed by atoms with Gasteiger partial charge in [0.05, 0.1) is 16.7 Å². The molecule has 5 aromatic carbocycles. The first-order valence-electron chi connectivity index (χ1n) is 23.0. The molecular formula is C51H62ClF3N4O7S3Si. The van der Waals surface area contributed by atoms with E-state index in [9.17, 15) is 39.9 Å². The van der Waals surface area contributed by atoms with Crippen LogP contribution in [0.4, 0.5) is 24.5 Å². The molecular weight excluding hydrogens is 997 g/mol. The van der Waals surface area contributed by atoms with E-state index in [1.54, 1.807) is 12.1 Å². The summed E-state index contributed by atoms with van der Waals surface area (Å²) in [5, 5.41) is 15.2. The van der Waals surface area contributed by atoms with Crippen LogP contribution >= 0.6 is 23.4 Å². The number of piperidine rings is 1. The summed E-state index contributed by atoms with van der Waals surface area (Å²) >= 11 is 7.54. The SMILES string of the molecule is CN(CCO[Si](C)(C)C(C)(C)C)CCC(CSc1ccccc1)Nc1ccc(S(=O)(=O)NC(=O)c2ccc(N3CCC(C(O)c4ccccc4-c4ccc(Cl)cc4)CC3)cc2)cc1S(=O)(=O)C(F)(F)F. The number of likely N-dealkylation sites (N-methyl/N-ethyl adjacent to an activating group) is 1. The average Bonchev–Trinajstić information content (AvgIpc) is 3.32. The highest BCUT2D eigenvalue weighted by molar-refractivity contribution is 7.99. The minimum absolute atomic E-state index is 0.0214. The second-order valence-electron chi connectivity index (χ2n) is 19.1. The molecule has 1 aliphatic heterocycles. The number of hydrogen-bond acceptors (Lipinski definition) is 11. The third kappa shape index (κ3) is 14.0. The highest BCUT2D eigenvalue weighted by atomic mass is 35.5. The van der Waals surface area contributed by atoms with Crippen LogP contribution in [0.2, 0.25) is 23.2 Å². The largest absolute Gasteiger partial charge is 0.501 e. The second-order valence-corrected chi connectivity index (χ2v) is 29.0. The zero-order valence-corrected chi connectivity index (χ0v) is 44.4. The van der Waals surface area contributed by atoms with Gasteiger partial charge < -0.3 is 24.6 Å². The lowest BCUT2D eigenvalue weighted by Crippen LogP contribution is -2.42. The molecule has 0 radical (unpaired) electrons. The molecule has 0 saturated carbocycles. The first kappa shape index (κ1) is 54.9. The number of alkyl halides is 3. The Morgan fingerprint density at radius 1 is 0.886 bits per heavy atom. The maximum atomic E-state index is 14.3. The van der Waals surface area contributed by atoms with E-state index in [0.717, 1.165) is 39.4 Å². The Balaban J connectivity index is 1.13. The van der Waals surface area contributed by atoms with E-state index in [1.165, 1.54) is 23.9 Å². The van der Waals surface area contributed by atoms with E-state index in [1.807, 2.05) is 95.5 Å². The van der Waals surface area contributed by atoms with E-state index in [2.05, 4.69) is 44.1 Å². The van der Waals surface area contributed by atoms with Gasteiger partial charge in [-0.25, -0.2) is 21.6 Å². The number of rotatable bonds is 20. The highest BCUT2D eigenvalue weighted by Crippen LogP contribution is 2.40. The monoisotopic (exact) mass is 1060 g/mol. The Kier molecular flexibility index (Phi) is 18.0. The fourth-order valence-corrected chi connectivity index (χ4v) is 12.0. The van der Waals surface area contributed by atoms with E-state index >= 15 is 0 Å². The van der Waals surface area contributed by atoms with Gasteiger partial charge in [-0.1, -0.05) is 87.0 Å². The maximum absolute atomic E-state index is 14.3. The van der Waals surface area contributed by atoms with Gasteiger partial charge in [0.1, 0.15) is 4.90 Å². The topological polar surface area (TPSA) is 145 Å². The van der Waals surface area contributed by atoms with Crippen LogP contribution in [0, 0.1) is 5.92 Å². The van der Waals surface area contributed by atoms with Crippen LogP contribution in [-0.2, 0) is 24.3 Å². The van der Waals surface area contributed by atoms with Gasteiger partial charge in [0.25, 0.3) is 25.8 Å². The zero-order chi connectivity index (χ0) is 51.1. The van der Waals surface area contributed by atoms with Crippen molar-refractivity contribution in [3.63, 3.8) is 0 Å². The number of sulfonamides is 1. The summed E-state index contributed by atoms with van der Waals surface area (Å²) in [5.74, 6) is -0.750. The van der Waals surface area contributed by atoms with E-state index in [4.69, 9.17) is 16.0 Å². The van der Waals surface area contributed by atoms with Crippen molar-refractivity contribution in [1.82, 2.24) is 9.62 Å². The van der Waals surface area contributed by atoms with Crippen molar-refractivity contribution in [2.45, 2.75) is 90.5 Å². The summed E-state index contributed by atoms with van der Waals surface area (Å²) in [4.78, 5) is 16.3. The lowest BCUT2D eigenvalue weighted by Gasteiger charge is -2.36. The predicted molar refractivity (Wildman–Crippen MR) is 277 cm³/mol. The molecule has 6 rings (SSSR count). The number of carbonyl (C=O) groups excluding carboxylic acids is 1. The van der Waals surface area contributed by atoms with Crippen molar-refractivity contribution in [2.75, 3.05) is 55.8 Å². The minimum Gasteiger partial charge on any atom is -0.416 e. The van der Waals surface area contributed by atoms with E-state index in [-0.39, 0.29) is 16.5 Å². The summed E-state index contributed by atoms with van der Waals surface area (Å²) in [7, 11) is -11.1. The first-order chi connectivity index (χ1) is 32.9. The quantitative estimate of drug-likeness (QED) is 0.0506. The van der Waals surface area contributed by atoms with Crippen LogP contribution in [0.1, 0.15) is 62.1 Å². The third-order valence-electron chi connectivity index (χ3n) is 13.2. The predicted octanol–water partition coefficient (Wildman–Crippen LogP) is 11.3. The minimum atomic E-state index is -6.10. The van der Waals surface area contributed by atoms with Gasteiger partial charge in [0.15, 0.2) is 8.32 Å². The number of nitrogens with one attached hydrogen (secondary N) is 2. The van der Waals surface area contributed by atoms with Gasteiger partial charge in [0.2, 0.25) is 0 Å². The van der Waals surface area contributed by atoms with Gasteiger partial charge in [-0.3, -0.25) is 4.79 Å². The fraction of sp³-hybridized carbons (Fsp3) is 0.392. The van der Waals surface area contributed by atoms with Crippen LogP contribution in [0.3, 0.4) is 0 Å². The summed E-state index contributed by atoms with van der Waals surface area (Å²) < 4.78 is 105. The molecule has 378 valence electrons. The number of aliphatic hydroxyl groups is 1. The lowest BCUT2D eigenvalue weighted by atomic mass is 9.84. The van der Waals surface area contributed by atoms with Crippen LogP contribution in [0.5, 0.6) is 0 Å². The number of nitrogens with zero attached hydrogens (tertiary/aromatic N) is 2. The van der Waals surface area contributed by atoms with Gasteiger partial charge in [-0.15, -0.1) is 11.8 Å².